The van der Waals surface area contributed by atoms with E-state index in [0.29, 0.717) is 12.0 Å². The highest BCUT2D eigenvalue weighted by atomic mass is 32.1. The van der Waals surface area contributed by atoms with Crippen molar-refractivity contribution in [3.63, 3.8) is 0 Å². The first-order chi connectivity index (χ1) is 7.25. The van der Waals surface area contributed by atoms with Gasteiger partial charge in [-0.2, -0.15) is 0 Å². The molecule has 0 aliphatic heterocycles. The number of nitrogens with zero attached hydrogens (tertiary/aromatic N) is 2. The van der Waals surface area contributed by atoms with E-state index in [1.807, 2.05) is 11.9 Å². The van der Waals surface area contributed by atoms with Crippen LogP contribution in [0.4, 0.5) is 0 Å². The Morgan fingerprint density at radius 3 is 3.07 bits per heavy atom. The van der Waals surface area contributed by atoms with Gasteiger partial charge in [0, 0.05) is 18.5 Å². The maximum Gasteiger partial charge on any atom is 0.191 e. The van der Waals surface area contributed by atoms with Crippen LogP contribution >= 0.6 is 11.3 Å². The van der Waals surface area contributed by atoms with Crippen molar-refractivity contribution in [2.45, 2.75) is 25.3 Å². The zero-order valence-electron chi connectivity index (χ0n) is 9.02. The van der Waals surface area contributed by atoms with Gasteiger partial charge in [-0.3, -0.25) is 0 Å². The van der Waals surface area contributed by atoms with E-state index in [0.717, 1.165) is 13.0 Å². The van der Waals surface area contributed by atoms with E-state index >= 15 is 0 Å². The van der Waals surface area contributed by atoms with Gasteiger partial charge in [0.15, 0.2) is 5.96 Å². The molecule has 0 bridgehead atoms. The van der Waals surface area contributed by atoms with Crippen LogP contribution in [0.25, 0.3) is 0 Å². The number of likely N-dealkylation sites (N-methyl/N-ethyl adjacent to an activating group) is 1. The molecule has 1 aromatic rings. The summed E-state index contributed by atoms with van der Waals surface area (Å²) >= 11 is 1.80. The van der Waals surface area contributed by atoms with Crippen molar-refractivity contribution in [1.82, 2.24) is 4.90 Å². The molecule has 3 nitrogen and oxygen atoms in total. The minimum Gasteiger partial charge on any atom is -0.370 e. The molecular weight excluding hydrogens is 206 g/mol. The predicted octanol–water partition coefficient (Wildman–Crippen LogP) is 1.70. The van der Waals surface area contributed by atoms with E-state index < -0.39 is 0 Å². The van der Waals surface area contributed by atoms with E-state index in [-0.39, 0.29) is 0 Å². The van der Waals surface area contributed by atoms with Gasteiger partial charge in [0.25, 0.3) is 0 Å². The lowest BCUT2D eigenvalue weighted by molar-refractivity contribution is 0.501. The first-order valence-electron chi connectivity index (χ1n) is 5.32. The number of hydrogen-bond acceptors (Lipinski definition) is 2. The standard InChI is InChI=1S/C11H17N3S/c1-14(11(12)13-9-4-5-9)7-6-10-3-2-8-15-10/h2-3,8-9H,4-7H2,1H3,(H2,12,13). The minimum absolute atomic E-state index is 0.509. The molecule has 82 valence electrons. The van der Waals surface area contributed by atoms with E-state index in [9.17, 15) is 0 Å². The van der Waals surface area contributed by atoms with Crippen LogP contribution in [0.1, 0.15) is 17.7 Å². The molecule has 0 spiro atoms. The number of aliphatic imine (C=N–C) groups is 1. The zero-order valence-corrected chi connectivity index (χ0v) is 9.83. The van der Waals surface area contributed by atoms with Crippen molar-refractivity contribution in [3.8, 4) is 0 Å². The Kier molecular flexibility index (Phi) is 3.26. The topological polar surface area (TPSA) is 41.6 Å². The fourth-order valence-electron chi connectivity index (χ4n) is 1.34. The lowest BCUT2D eigenvalue weighted by atomic mass is 10.3. The third-order valence-electron chi connectivity index (χ3n) is 2.53. The van der Waals surface area contributed by atoms with Crippen molar-refractivity contribution in [3.05, 3.63) is 22.4 Å². The molecule has 1 aliphatic carbocycles. The summed E-state index contributed by atoms with van der Waals surface area (Å²) in [5, 5.41) is 2.11. The van der Waals surface area contributed by atoms with Gasteiger partial charge in [-0.25, -0.2) is 4.99 Å². The Morgan fingerprint density at radius 1 is 1.67 bits per heavy atom. The van der Waals surface area contributed by atoms with Crippen LogP contribution < -0.4 is 5.73 Å². The van der Waals surface area contributed by atoms with Gasteiger partial charge in [-0.1, -0.05) is 6.07 Å². The van der Waals surface area contributed by atoms with E-state index in [1.165, 1.54) is 17.7 Å². The lowest BCUT2D eigenvalue weighted by Crippen LogP contribution is -2.35. The number of guanidine groups is 1. The monoisotopic (exact) mass is 223 g/mol. The normalized spacial score (nSPS) is 16.7. The highest BCUT2D eigenvalue weighted by Gasteiger charge is 2.21. The molecular formula is C11H17N3S. The Bertz CT molecular complexity index is 328. The molecule has 0 atom stereocenters. The molecule has 1 aliphatic rings. The number of nitrogens with two attached hydrogens (primary N) is 1. The smallest absolute Gasteiger partial charge is 0.191 e. The predicted molar refractivity (Wildman–Crippen MR) is 65.3 cm³/mol. The SMILES string of the molecule is CN(CCc1cccs1)C(N)=NC1CC1. The Balaban J connectivity index is 1.78. The molecule has 0 aromatic carbocycles. The first-order valence-corrected chi connectivity index (χ1v) is 6.20. The van der Waals surface area contributed by atoms with Crippen LogP contribution in [0, 0.1) is 0 Å². The van der Waals surface area contributed by atoms with Crippen molar-refractivity contribution in [1.29, 1.82) is 0 Å². The van der Waals surface area contributed by atoms with E-state index in [2.05, 4.69) is 22.5 Å². The van der Waals surface area contributed by atoms with E-state index in [1.54, 1.807) is 11.3 Å². The summed E-state index contributed by atoms with van der Waals surface area (Å²) in [4.78, 5) is 7.86. The maximum atomic E-state index is 5.88. The number of hydrogen-bond donors (Lipinski definition) is 1. The number of thiophene rings is 1. The van der Waals surface area contributed by atoms with Crippen molar-refractivity contribution >= 4 is 17.3 Å². The van der Waals surface area contributed by atoms with Crippen LogP contribution in [0.5, 0.6) is 0 Å². The molecule has 1 saturated carbocycles. The van der Waals surface area contributed by atoms with Gasteiger partial charge in [0.05, 0.1) is 6.04 Å². The summed E-state index contributed by atoms with van der Waals surface area (Å²) in [6, 6.07) is 4.75. The lowest BCUT2D eigenvalue weighted by Gasteiger charge is -2.17. The third-order valence-corrected chi connectivity index (χ3v) is 3.46. The molecule has 1 fully saturated rings. The molecule has 0 radical (unpaired) electrons. The Hall–Kier alpha value is -1.03. The first kappa shape index (κ1) is 10.5. The second-order valence-electron chi connectivity index (χ2n) is 3.97. The van der Waals surface area contributed by atoms with Crippen LogP contribution in [-0.4, -0.2) is 30.5 Å². The van der Waals surface area contributed by atoms with Crippen molar-refractivity contribution in [2.24, 2.45) is 10.7 Å². The fourth-order valence-corrected chi connectivity index (χ4v) is 2.03. The van der Waals surface area contributed by atoms with Crippen molar-refractivity contribution < 1.29 is 0 Å². The molecule has 1 aromatic heterocycles. The molecule has 2 rings (SSSR count). The molecule has 1 heterocycles. The summed E-state index contributed by atoms with van der Waals surface area (Å²) < 4.78 is 0. The average Bonchev–Trinajstić information content (AvgIpc) is 2.88. The highest BCUT2D eigenvalue weighted by Crippen LogP contribution is 2.23. The van der Waals surface area contributed by atoms with Crippen LogP contribution in [0.15, 0.2) is 22.5 Å². The maximum absolute atomic E-state index is 5.88. The van der Waals surface area contributed by atoms with Gasteiger partial charge < -0.3 is 10.6 Å². The minimum atomic E-state index is 0.509. The summed E-state index contributed by atoms with van der Waals surface area (Å²) in [5.41, 5.74) is 5.88. The summed E-state index contributed by atoms with van der Waals surface area (Å²) in [6.07, 6.45) is 3.47. The van der Waals surface area contributed by atoms with Gasteiger partial charge in [-0.05, 0) is 30.7 Å². The quantitative estimate of drug-likeness (QED) is 0.623. The Morgan fingerprint density at radius 2 is 2.47 bits per heavy atom. The van der Waals surface area contributed by atoms with Crippen LogP contribution in [-0.2, 0) is 6.42 Å². The fraction of sp³-hybridized carbons (Fsp3) is 0.545. The second kappa shape index (κ2) is 4.66. The van der Waals surface area contributed by atoms with Gasteiger partial charge in [0.1, 0.15) is 0 Å². The molecule has 0 amide bonds. The van der Waals surface area contributed by atoms with Gasteiger partial charge in [-0.15, -0.1) is 11.3 Å². The average molecular weight is 223 g/mol. The van der Waals surface area contributed by atoms with Crippen LogP contribution in [0.3, 0.4) is 0 Å². The molecule has 4 heteroatoms. The molecule has 0 saturated heterocycles. The third kappa shape index (κ3) is 3.23. The van der Waals surface area contributed by atoms with Crippen LogP contribution in [0.2, 0.25) is 0 Å². The van der Waals surface area contributed by atoms with Crippen molar-refractivity contribution in [2.75, 3.05) is 13.6 Å². The molecule has 0 unspecified atom stereocenters. The second-order valence-corrected chi connectivity index (χ2v) is 5.00. The Labute approximate surface area is 94.6 Å². The van der Waals surface area contributed by atoms with Gasteiger partial charge >= 0.3 is 0 Å². The summed E-state index contributed by atoms with van der Waals surface area (Å²) in [7, 11) is 2.01. The summed E-state index contributed by atoms with van der Waals surface area (Å²) in [6.45, 7) is 0.947. The molecule has 15 heavy (non-hydrogen) atoms. The molecule has 2 N–H and O–H groups in total. The largest absolute Gasteiger partial charge is 0.370 e. The number of rotatable bonds is 4. The van der Waals surface area contributed by atoms with E-state index in [4.69, 9.17) is 5.73 Å². The highest BCUT2D eigenvalue weighted by molar-refractivity contribution is 7.09. The summed E-state index contributed by atoms with van der Waals surface area (Å²) in [5.74, 6) is 0.689. The zero-order chi connectivity index (χ0) is 10.7. The van der Waals surface area contributed by atoms with Gasteiger partial charge in [0.2, 0.25) is 0 Å².